The van der Waals surface area contributed by atoms with Gasteiger partial charge in [0.15, 0.2) is 0 Å². The normalized spacial score (nSPS) is 17.7. The highest BCUT2D eigenvalue weighted by molar-refractivity contribution is 4.95. The largest absolute Gasteiger partial charge is 0.373 e. The van der Waals surface area contributed by atoms with Crippen LogP contribution in [-0.2, 0) is 23.7 Å². The molecule has 0 aromatic carbocycles. The Morgan fingerprint density at radius 2 is 0.788 bits per heavy atom. The molecular weight excluding hydrogens is 416 g/mol. The molecule has 3 unspecified atom stereocenters. The van der Waals surface area contributed by atoms with Crippen LogP contribution in [0.15, 0.2) is 0 Å². The van der Waals surface area contributed by atoms with Crippen molar-refractivity contribution in [3.8, 4) is 0 Å². The molecule has 5 heteroatoms. The molecular formula is C28H58O5. The van der Waals surface area contributed by atoms with Gasteiger partial charge in [0, 0.05) is 5.41 Å². The predicted molar refractivity (Wildman–Crippen MR) is 139 cm³/mol. The zero-order valence-corrected chi connectivity index (χ0v) is 25.2. The fourth-order valence-electron chi connectivity index (χ4n) is 3.39. The molecule has 200 valence electrons. The van der Waals surface area contributed by atoms with Crippen molar-refractivity contribution in [2.24, 2.45) is 5.41 Å². The smallest absolute Gasteiger partial charge is 0.108 e. The van der Waals surface area contributed by atoms with E-state index in [2.05, 4.69) is 118 Å². The molecule has 0 aromatic rings. The number of hydrogen-bond acceptors (Lipinski definition) is 5. The Morgan fingerprint density at radius 1 is 0.424 bits per heavy atom. The minimum atomic E-state index is -0.441. The van der Waals surface area contributed by atoms with Crippen molar-refractivity contribution in [2.45, 2.75) is 164 Å². The third-order valence-electron chi connectivity index (χ3n) is 4.73. The lowest BCUT2D eigenvalue weighted by Crippen LogP contribution is -2.57. The molecule has 0 saturated heterocycles. The predicted octanol–water partition coefficient (Wildman–Crippen LogP) is 7.19. The van der Waals surface area contributed by atoms with Crippen LogP contribution in [0.1, 0.15) is 118 Å². The maximum atomic E-state index is 6.76. The number of rotatable bonds is 10. The van der Waals surface area contributed by atoms with Crippen LogP contribution in [0, 0.1) is 5.41 Å². The van der Waals surface area contributed by atoms with Gasteiger partial charge in [0.05, 0.1) is 53.4 Å². The Kier molecular flexibility index (Phi) is 11.2. The summed E-state index contributed by atoms with van der Waals surface area (Å²) in [4.78, 5) is 0. The van der Waals surface area contributed by atoms with Crippen molar-refractivity contribution >= 4 is 0 Å². The summed E-state index contributed by atoms with van der Waals surface area (Å²) >= 11 is 0. The van der Waals surface area contributed by atoms with Crippen LogP contribution < -0.4 is 0 Å². The lowest BCUT2D eigenvalue weighted by molar-refractivity contribution is -0.251. The monoisotopic (exact) mass is 474 g/mol. The topological polar surface area (TPSA) is 46.2 Å². The zero-order valence-electron chi connectivity index (χ0n) is 25.2. The first-order valence-electron chi connectivity index (χ1n) is 12.5. The minimum absolute atomic E-state index is 0.218. The average Bonchev–Trinajstić information content (AvgIpc) is 2.48. The van der Waals surface area contributed by atoms with E-state index in [1.54, 1.807) is 0 Å². The second kappa shape index (κ2) is 11.2. The first-order valence-corrected chi connectivity index (χ1v) is 12.5. The van der Waals surface area contributed by atoms with Crippen LogP contribution in [-0.4, -0.2) is 59.5 Å². The van der Waals surface area contributed by atoms with E-state index in [4.69, 9.17) is 23.7 Å². The van der Waals surface area contributed by atoms with Crippen molar-refractivity contribution in [3.05, 3.63) is 0 Å². The van der Waals surface area contributed by atoms with Gasteiger partial charge >= 0.3 is 0 Å². The summed E-state index contributed by atoms with van der Waals surface area (Å²) in [6.07, 6.45) is -0.807. The van der Waals surface area contributed by atoms with Gasteiger partial charge in [-0.3, -0.25) is 0 Å². The SMILES string of the molecule is CC(C)(C)OCC(OC(C)(C)C)C(OC(C)(C)C)C(C)(C)C(COC(C)(C)C)OC(C)(C)C. The Morgan fingerprint density at radius 3 is 1.12 bits per heavy atom. The standard InChI is InChI=1S/C28H58O5/c1-23(2,3)29-18-20(31-25(7,8)9)22(33-27(13,14)15)28(16,17)21(32-26(10,11)12)19-30-24(4,5)6/h20-22H,18-19H2,1-17H3. The molecule has 0 rings (SSSR count). The molecule has 0 radical (unpaired) electrons. The van der Waals surface area contributed by atoms with Crippen LogP contribution in [0.3, 0.4) is 0 Å². The van der Waals surface area contributed by atoms with Gasteiger partial charge in [-0.25, -0.2) is 0 Å². The van der Waals surface area contributed by atoms with Crippen molar-refractivity contribution in [3.63, 3.8) is 0 Å². The fourth-order valence-corrected chi connectivity index (χ4v) is 3.39. The lowest BCUT2D eigenvalue weighted by atomic mass is 9.77. The Bertz CT molecular complexity index is 562. The number of ether oxygens (including phenoxy) is 5. The van der Waals surface area contributed by atoms with E-state index < -0.39 is 5.41 Å². The third kappa shape index (κ3) is 15.4. The molecule has 0 spiro atoms. The van der Waals surface area contributed by atoms with Gasteiger partial charge in [-0.1, -0.05) is 13.8 Å². The molecule has 33 heavy (non-hydrogen) atoms. The molecule has 0 fully saturated rings. The highest BCUT2D eigenvalue weighted by atomic mass is 16.6. The molecule has 0 aliphatic rings. The van der Waals surface area contributed by atoms with Crippen LogP contribution in [0.5, 0.6) is 0 Å². The van der Waals surface area contributed by atoms with E-state index >= 15 is 0 Å². The maximum Gasteiger partial charge on any atom is 0.108 e. The minimum Gasteiger partial charge on any atom is -0.373 e. The lowest BCUT2D eigenvalue weighted by Gasteiger charge is -2.49. The highest BCUT2D eigenvalue weighted by Gasteiger charge is 2.48. The van der Waals surface area contributed by atoms with Gasteiger partial charge in [0.25, 0.3) is 0 Å². The van der Waals surface area contributed by atoms with Gasteiger partial charge in [-0.05, 0) is 104 Å². The van der Waals surface area contributed by atoms with E-state index in [0.717, 1.165) is 0 Å². The molecule has 0 amide bonds. The van der Waals surface area contributed by atoms with Crippen molar-refractivity contribution in [2.75, 3.05) is 13.2 Å². The molecule has 0 heterocycles. The second-order valence-electron chi connectivity index (χ2n) is 14.8. The summed E-state index contributed by atoms with van der Waals surface area (Å²) in [5.41, 5.74) is -2.07. The Balaban J connectivity index is 6.41. The van der Waals surface area contributed by atoms with E-state index in [-0.39, 0.29) is 46.3 Å². The molecule has 0 N–H and O–H groups in total. The molecule has 5 nitrogen and oxygen atoms in total. The zero-order chi connectivity index (χ0) is 26.7. The van der Waals surface area contributed by atoms with E-state index in [0.29, 0.717) is 13.2 Å². The molecule has 0 aliphatic carbocycles. The summed E-state index contributed by atoms with van der Waals surface area (Å²) in [5.74, 6) is 0. The average molecular weight is 475 g/mol. The Hall–Kier alpha value is -0.200. The first-order chi connectivity index (χ1) is 14.2. The molecule has 0 saturated carbocycles. The maximum absolute atomic E-state index is 6.76. The van der Waals surface area contributed by atoms with Gasteiger partial charge in [0.2, 0.25) is 0 Å². The summed E-state index contributed by atoms with van der Waals surface area (Å²) in [6.45, 7) is 36.4. The Labute approximate surface area is 206 Å². The van der Waals surface area contributed by atoms with Gasteiger partial charge < -0.3 is 23.7 Å². The van der Waals surface area contributed by atoms with Crippen molar-refractivity contribution in [1.29, 1.82) is 0 Å². The van der Waals surface area contributed by atoms with E-state index in [9.17, 15) is 0 Å². The summed E-state index contributed by atoms with van der Waals surface area (Å²) < 4.78 is 32.5. The molecule has 3 atom stereocenters. The number of hydrogen-bond donors (Lipinski definition) is 0. The van der Waals surface area contributed by atoms with Gasteiger partial charge in [-0.2, -0.15) is 0 Å². The second-order valence-corrected chi connectivity index (χ2v) is 14.8. The van der Waals surface area contributed by atoms with Crippen LogP contribution in [0.25, 0.3) is 0 Å². The summed E-state index contributed by atoms with van der Waals surface area (Å²) in [6, 6.07) is 0. The van der Waals surface area contributed by atoms with Gasteiger partial charge in [-0.15, -0.1) is 0 Å². The van der Waals surface area contributed by atoms with Crippen LogP contribution >= 0.6 is 0 Å². The summed E-state index contributed by atoms with van der Waals surface area (Å²) in [5, 5.41) is 0. The third-order valence-corrected chi connectivity index (χ3v) is 4.73. The van der Waals surface area contributed by atoms with Crippen molar-refractivity contribution < 1.29 is 23.7 Å². The van der Waals surface area contributed by atoms with E-state index in [1.165, 1.54) is 0 Å². The molecule has 0 aromatic heterocycles. The van der Waals surface area contributed by atoms with Crippen molar-refractivity contribution in [1.82, 2.24) is 0 Å². The molecule has 0 aliphatic heterocycles. The fraction of sp³-hybridized carbons (Fsp3) is 1.00. The van der Waals surface area contributed by atoms with E-state index in [1.807, 2.05) is 0 Å². The first kappa shape index (κ1) is 32.8. The van der Waals surface area contributed by atoms with Gasteiger partial charge in [0.1, 0.15) is 6.10 Å². The van der Waals surface area contributed by atoms with Crippen LogP contribution in [0.2, 0.25) is 0 Å². The van der Waals surface area contributed by atoms with Crippen LogP contribution in [0.4, 0.5) is 0 Å². The highest BCUT2D eigenvalue weighted by Crippen LogP contribution is 2.39. The quantitative estimate of drug-likeness (QED) is 0.335. The molecule has 0 bridgehead atoms. The summed E-state index contributed by atoms with van der Waals surface area (Å²) in [7, 11) is 0.